The van der Waals surface area contributed by atoms with E-state index < -0.39 is 0 Å². The van der Waals surface area contributed by atoms with E-state index in [1.54, 1.807) is 0 Å². The summed E-state index contributed by atoms with van der Waals surface area (Å²) in [4.78, 5) is 15.9. The molecule has 8 nitrogen and oxygen atoms in total. The molecule has 1 aromatic rings. The molecule has 0 aliphatic heterocycles. The number of amides is 1. The molecule has 8 heteroatoms. The molecule has 0 aliphatic carbocycles. The Bertz CT molecular complexity index is 517. The molecular weight excluding hydrogens is 288 g/mol. The normalized spacial score (nSPS) is 9.91. The van der Waals surface area contributed by atoms with E-state index in [1.165, 1.54) is 26.4 Å². The smallest absolute Gasteiger partial charge is 0.251 e. The Morgan fingerprint density at radius 3 is 2.32 bits per heavy atom. The number of nitrogens with zero attached hydrogens (tertiary/aromatic N) is 1. The molecule has 0 atom stereocenters. The van der Waals surface area contributed by atoms with E-state index in [-0.39, 0.29) is 29.1 Å². The number of hydrogen-bond acceptors (Lipinski definition) is 5. The van der Waals surface area contributed by atoms with E-state index in [1.807, 2.05) is 0 Å². The molecule has 1 aromatic carbocycles. The van der Waals surface area contributed by atoms with E-state index in [4.69, 9.17) is 20.9 Å². The van der Waals surface area contributed by atoms with Crippen LogP contribution >= 0.6 is 0 Å². The zero-order valence-corrected chi connectivity index (χ0v) is 12.8. The van der Waals surface area contributed by atoms with Crippen LogP contribution in [-0.2, 0) is 0 Å². The first-order chi connectivity index (χ1) is 10.5. The van der Waals surface area contributed by atoms with Gasteiger partial charge in [0.1, 0.15) is 0 Å². The topological polar surface area (TPSA) is 132 Å². The summed E-state index contributed by atoms with van der Waals surface area (Å²) in [7, 11) is 2.81. The van der Waals surface area contributed by atoms with Crippen LogP contribution < -0.4 is 26.3 Å². The monoisotopic (exact) mass is 310 g/mol. The molecule has 0 aromatic heterocycles. The first-order valence-electron chi connectivity index (χ1n) is 6.78. The van der Waals surface area contributed by atoms with Gasteiger partial charge < -0.3 is 31.4 Å². The number of ether oxygens (including phenoxy) is 2. The highest BCUT2D eigenvalue weighted by atomic mass is 16.5. The van der Waals surface area contributed by atoms with Gasteiger partial charge in [-0.05, 0) is 25.0 Å². The standard InChI is InChI=1S/C14H22N4O4/c1-21-10-7-9(8-11(22-2)12(10)19)13(20)17-5-3-4-6-18-14(15)16/h7-8,19H,3-6H2,1-2H3,(H,17,20)(H4,15,16,18). The Kier molecular flexibility index (Phi) is 6.81. The SMILES string of the molecule is COc1cc(C(=O)NCCCCN=C(N)N)cc(OC)c1O. The Labute approximate surface area is 129 Å². The number of guanidine groups is 1. The molecule has 0 spiro atoms. The number of carbonyl (C=O) groups excluding carboxylic acids is 1. The first-order valence-corrected chi connectivity index (χ1v) is 6.78. The van der Waals surface area contributed by atoms with Crippen molar-refractivity contribution in [3.05, 3.63) is 17.7 Å². The number of phenols is 1. The van der Waals surface area contributed by atoms with Crippen molar-refractivity contribution in [3.63, 3.8) is 0 Å². The van der Waals surface area contributed by atoms with Gasteiger partial charge in [0.05, 0.1) is 14.2 Å². The van der Waals surface area contributed by atoms with E-state index in [0.29, 0.717) is 18.7 Å². The zero-order valence-electron chi connectivity index (χ0n) is 12.8. The van der Waals surface area contributed by atoms with Crippen LogP contribution in [0.1, 0.15) is 23.2 Å². The summed E-state index contributed by atoms with van der Waals surface area (Å²) >= 11 is 0. The van der Waals surface area contributed by atoms with Crippen LogP contribution in [0, 0.1) is 0 Å². The average Bonchev–Trinajstić information content (AvgIpc) is 2.50. The Morgan fingerprint density at radius 1 is 1.23 bits per heavy atom. The number of benzene rings is 1. The van der Waals surface area contributed by atoms with Crippen molar-refractivity contribution in [2.75, 3.05) is 27.3 Å². The van der Waals surface area contributed by atoms with Crippen molar-refractivity contribution in [1.29, 1.82) is 0 Å². The molecule has 1 rings (SSSR count). The fourth-order valence-corrected chi connectivity index (χ4v) is 1.77. The molecule has 0 fully saturated rings. The lowest BCUT2D eigenvalue weighted by Gasteiger charge is -2.11. The number of rotatable bonds is 8. The van der Waals surface area contributed by atoms with Crippen LogP contribution in [0.2, 0.25) is 0 Å². The fourth-order valence-electron chi connectivity index (χ4n) is 1.77. The van der Waals surface area contributed by atoms with Crippen LogP contribution in [0.4, 0.5) is 0 Å². The summed E-state index contributed by atoms with van der Waals surface area (Å²) in [5, 5.41) is 12.6. The molecule has 122 valence electrons. The predicted molar refractivity (Wildman–Crippen MR) is 83.5 cm³/mol. The van der Waals surface area contributed by atoms with Gasteiger partial charge in [0.2, 0.25) is 5.75 Å². The lowest BCUT2D eigenvalue weighted by molar-refractivity contribution is 0.0952. The van der Waals surface area contributed by atoms with Crippen LogP contribution in [0.25, 0.3) is 0 Å². The Hall–Kier alpha value is -2.64. The number of phenolic OH excluding ortho intramolecular Hbond substituents is 1. The summed E-state index contributed by atoms with van der Waals surface area (Å²) in [5.74, 6) is -0.000870. The fraction of sp³-hybridized carbons (Fsp3) is 0.429. The van der Waals surface area contributed by atoms with Crippen molar-refractivity contribution in [2.45, 2.75) is 12.8 Å². The van der Waals surface area contributed by atoms with E-state index in [9.17, 15) is 9.90 Å². The molecule has 0 bridgehead atoms. The predicted octanol–water partition coefficient (Wildman–Crippen LogP) is 0.193. The van der Waals surface area contributed by atoms with Gasteiger partial charge >= 0.3 is 0 Å². The van der Waals surface area contributed by atoms with Gasteiger partial charge in [0.15, 0.2) is 17.5 Å². The number of unbranched alkanes of at least 4 members (excludes halogenated alkanes) is 1. The maximum Gasteiger partial charge on any atom is 0.251 e. The van der Waals surface area contributed by atoms with Crippen LogP contribution in [0.3, 0.4) is 0 Å². The largest absolute Gasteiger partial charge is 0.502 e. The van der Waals surface area contributed by atoms with Crippen molar-refractivity contribution in [1.82, 2.24) is 5.32 Å². The molecule has 0 unspecified atom stereocenters. The minimum absolute atomic E-state index is 0.0623. The van der Waals surface area contributed by atoms with E-state index >= 15 is 0 Å². The number of methoxy groups -OCH3 is 2. The highest BCUT2D eigenvalue weighted by molar-refractivity contribution is 5.95. The third-order valence-electron chi connectivity index (χ3n) is 2.91. The summed E-state index contributed by atoms with van der Waals surface area (Å²) in [6, 6.07) is 2.90. The van der Waals surface area contributed by atoms with Crippen LogP contribution in [0.5, 0.6) is 17.2 Å². The first kappa shape index (κ1) is 17.4. The molecule has 6 N–H and O–H groups in total. The van der Waals surface area contributed by atoms with Crippen molar-refractivity contribution in [3.8, 4) is 17.2 Å². The summed E-state index contributed by atoms with van der Waals surface area (Å²) < 4.78 is 10.0. The average molecular weight is 310 g/mol. The minimum atomic E-state index is -0.279. The van der Waals surface area contributed by atoms with Gasteiger partial charge in [0.25, 0.3) is 5.91 Å². The van der Waals surface area contributed by atoms with Gasteiger partial charge in [0, 0.05) is 18.7 Å². The second-order valence-corrected chi connectivity index (χ2v) is 4.50. The number of hydrogen-bond donors (Lipinski definition) is 4. The Balaban J connectivity index is 2.57. The number of aromatic hydroxyl groups is 1. The molecule has 0 aliphatic rings. The number of nitrogens with one attached hydrogen (secondary N) is 1. The number of carbonyl (C=O) groups is 1. The second-order valence-electron chi connectivity index (χ2n) is 4.50. The van der Waals surface area contributed by atoms with Gasteiger partial charge in [-0.3, -0.25) is 9.79 Å². The minimum Gasteiger partial charge on any atom is -0.502 e. The van der Waals surface area contributed by atoms with Crippen molar-refractivity contribution >= 4 is 11.9 Å². The van der Waals surface area contributed by atoms with Gasteiger partial charge in [-0.15, -0.1) is 0 Å². The summed E-state index contributed by atoms with van der Waals surface area (Å²) in [6.45, 7) is 1.02. The number of nitrogens with two attached hydrogens (primary N) is 2. The number of aliphatic imine (C=N–C) groups is 1. The second kappa shape index (κ2) is 8.60. The zero-order chi connectivity index (χ0) is 16.5. The molecule has 0 radical (unpaired) electrons. The summed E-state index contributed by atoms with van der Waals surface area (Å²) in [5.41, 5.74) is 10.8. The third kappa shape index (κ3) is 5.04. The quantitative estimate of drug-likeness (QED) is 0.308. The molecule has 1 amide bonds. The summed E-state index contributed by atoms with van der Waals surface area (Å²) in [6.07, 6.45) is 1.51. The highest BCUT2D eigenvalue weighted by Crippen LogP contribution is 2.36. The molecule has 0 heterocycles. The van der Waals surface area contributed by atoms with Crippen molar-refractivity contribution < 1.29 is 19.4 Å². The lowest BCUT2D eigenvalue weighted by Crippen LogP contribution is -2.25. The molecule has 22 heavy (non-hydrogen) atoms. The highest BCUT2D eigenvalue weighted by Gasteiger charge is 2.15. The van der Waals surface area contributed by atoms with Crippen molar-refractivity contribution in [2.24, 2.45) is 16.5 Å². The van der Waals surface area contributed by atoms with E-state index in [0.717, 1.165) is 12.8 Å². The molecular formula is C14H22N4O4. The van der Waals surface area contributed by atoms with Gasteiger partial charge in [-0.1, -0.05) is 0 Å². The van der Waals surface area contributed by atoms with Gasteiger partial charge in [-0.2, -0.15) is 0 Å². The lowest BCUT2D eigenvalue weighted by atomic mass is 10.1. The van der Waals surface area contributed by atoms with Crippen LogP contribution in [0.15, 0.2) is 17.1 Å². The Morgan fingerprint density at radius 2 is 1.82 bits per heavy atom. The maximum atomic E-state index is 12.1. The molecule has 0 saturated carbocycles. The van der Waals surface area contributed by atoms with Crippen LogP contribution in [-0.4, -0.2) is 44.3 Å². The van der Waals surface area contributed by atoms with E-state index in [2.05, 4.69) is 10.3 Å². The molecule has 0 saturated heterocycles. The van der Waals surface area contributed by atoms with Gasteiger partial charge in [-0.25, -0.2) is 0 Å². The maximum absolute atomic E-state index is 12.1. The third-order valence-corrected chi connectivity index (χ3v) is 2.91.